The Bertz CT molecular complexity index is 998. The van der Waals surface area contributed by atoms with Crippen LogP contribution in [-0.2, 0) is 4.74 Å². The molecule has 8 nitrogen and oxygen atoms in total. The number of hydrogen-bond acceptors (Lipinski definition) is 5. The molecule has 2 amide bonds. The van der Waals surface area contributed by atoms with Gasteiger partial charge in [-0.15, -0.1) is 0 Å². The summed E-state index contributed by atoms with van der Waals surface area (Å²) in [4.78, 5) is 33.1. The molecule has 4 rings (SSSR count). The molecule has 2 aromatic rings. The van der Waals surface area contributed by atoms with Gasteiger partial charge in [-0.05, 0) is 45.6 Å². The molecule has 2 aliphatic heterocycles. The molecule has 11 heteroatoms. The number of carbonyl (C=O) groups excluding carboxylic acids is 2. The third-order valence-electron chi connectivity index (χ3n) is 6.32. The Kier molecular flexibility index (Phi) is 5.30. The van der Waals surface area contributed by atoms with Gasteiger partial charge in [0.05, 0.1) is 5.69 Å². The van der Waals surface area contributed by atoms with Gasteiger partial charge in [-0.2, -0.15) is 18.3 Å². The highest BCUT2D eigenvalue weighted by Gasteiger charge is 2.48. The third-order valence-corrected chi connectivity index (χ3v) is 6.32. The minimum absolute atomic E-state index is 0.148. The van der Waals surface area contributed by atoms with E-state index in [1.54, 1.807) is 29.9 Å². The number of aromatic nitrogens is 3. The van der Waals surface area contributed by atoms with Crippen molar-refractivity contribution in [3.8, 4) is 0 Å². The molecule has 2 saturated heterocycles. The number of rotatable bonds is 2. The Morgan fingerprint density at radius 2 is 1.90 bits per heavy atom. The zero-order valence-electron chi connectivity index (χ0n) is 17.4. The van der Waals surface area contributed by atoms with Gasteiger partial charge in [-0.25, -0.2) is 14.3 Å². The first-order chi connectivity index (χ1) is 14.6. The molecule has 4 heterocycles. The van der Waals surface area contributed by atoms with Crippen LogP contribution in [-0.4, -0.2) is 73.9 Å². The average molecular weight is 439 g/mol. The van der Waals surface area contributed by atoms with Crippen LogP contribution in [0.4, 0.5) is 18.0 Å². The molecular weight excluding hydrogens is 415 g/mol. The highest BCUT2D eigenvalue weighted by molar-refractivity contribution is 6.01. The number of piperidine rings is 1. The molecule has 1 spiro atoms. The Morgan fingerprint density at radius 3 is 2.58 bits per heavy atom. The van der Waals surface area contributed by atoms with Crippen molar-refractivity contribution < 1.29 is 27.5 Å². The monoisotopic (exact) mass is 439 g/mol. The summed E-state index contributed by atoms with van der Waals surface area (Å²) in [7, 11) is 0. The van der Waals surface area contributed by atoms with Gasteiger partial charge in [0.2, 0.25) is 0 Å². The normalized spacial score (nSPS) is 19.8. The van der Waals surface area contributed by atoms with Gasteiger partial charge >= 0.3 is 12.3 Å². The zero-order chi connectivity index (χ0) is 22.4. The zero-order valence-corrected chi connectivity index (χ0v) is 17.4. The van der Waals surface area contributed by atoms with E-state index in [4.69, 9.17) is 0 Å². The molecule has 0 N–H and O–H groups in total. The molecular formula is C20H24F3N5O3. The maximum Gasteiger partial charge on any atom is 0.425 e. The number of halogens is 3. The van der Waals surface area contributed by atoms with Crippen molar-refractivity contribution in [1.82, 2.24) is 24.4 Å². The predicted octanol–water partition coefficient (Wildman–Crippen LogP) is 3.20. The summed E-state index contributed by atoms with van der Waals surface area (Å²) in [5.74, 6) is -0.148. The Labute approximate surface area is 177 Å². The van der Waals surface area contributed by atoms with Crippen molar-refractivity contribution in [2.45, 2.75) is 57.3 Å². The number of aryl methyl sites for hydroxylation is 1. The maximum absolute atomic E-state index is 13.5. The second kappa shape index (κ2) is 7.69. The lowest BCUT2D eigenvalue weighted by Crippen LogP contribution is -2.55. The molecule has 1 unspecified atom stereocenters. The molecule has 0 aliphatic carbocycles. The van der Waals surface area contributed by atoms with E-state index in [0.717, 1.165) is 19.8 Å². The Balaban J connectivity index is 1.48. The van der Waals surface area contributed by atoms with Crippen molar-refractivity contribution in [2.75, 3.05) is 19.6 Å². The average Bonchev–Trinajstić information content (AvgIpc) is 3.27. The second-order valence-electron chi connectivity index (χ2n) is 8.19. The van der Waals surface area contributed by atoms with Crippen LogP contribution in [0, 0.1) is 6.92 Å². The predicted molar refractivity (Wildman–Crippen MR) is 104 cm³/mol. The van der Waals surface area contributed by atoms with Gasteiger partial charge in [0.15, 0.2) is 11.8 Å². The highest BCUT2D eigenvalue weighted by atomic mass is 19.4. The molecule has 1 atom stereocenters. The highest BCUT2D eigenvalue weighted by Crippen LogP contribution is 2.40. The fraction of sp³-hybridized carbons (Fsp3) is 0.600. The van der Waals surface area contributed by atoms with Crippen molar-refractivity contribution >= 4 is 17.6 Å². The van der Waals surface area contributed by atoms with Gasteiger partial charge in [-0.3, -0.25) is 4.79 Å². The lowest BCUT2D eigenvalue weighted by atomic mass is 9.84. The van der Waals surface area contributed by atoms with Crippen LogP contribution in [0.2, 0.25) is 0 Å². The topological polar surface area (TPSA) is 80.0 Å². The lowest BCUT2D eigenvalue weighted by molar-refractivity contribution is -0.200. The van der Waals surface area contributed by atoms with Crippen molar-refractivity contribution in [3.05, 3.63) is 29.7 Å². The van der Waals surface area contributed by atoms with Crippen LogP contribution in [0.1, 0.15) is 48.7 Å². The van der Waals surface area contributed by atoms with E-state index in [1.807, 2.05) is 4.90 Å². The van der Waals surface area contributed by atoms with Gasteiger partial charge in [0.25, 0.3) is 5.91 Å². The SMILES string of the molecule is Cc1nn2cccnc2c1C(=O)N1CCCC12CCN(C(=O)OC(C)C(F)(F)F)CC2. The van der Waals surface area contributed by atoms with Gasteiger partial charge < -0.3 is 14.5 Å². The van der Waals surface area contributed by atoms with E-state index >= 15 is 0 Å². The third kappa shape index (κ3) is 3.81. The fourth-order valence-corrected chi connectivity index (χ4v) is 4.56. The number of likely N-dealkylation sites (tertiary alicyclic amines) is 2. The van der Waals surface area contributed by atoms with Crippen LogP contribution >= 0.6 is 0 Å². The quantitative estimate of drug-likeness (QED) is 0.718. The maximum atomic E-state index is 13.5. The van der Waals surface area contributed by atoms with Crippen LogP contribution in [0.5, 0.6) is 0 Å². The molecule has 168 valence electrons. The number of nitrogens with zero attached hydrogens (tertiary/aromatic N) is 5. The summed E-state index contributed by atoms with van der Waals surface area (Å²) in [5.41, 5.74) is 1.11. The summed E-state index contributed by atoms with van der Waals surface area (Å²) in [6.45, 7) is 3.63. The first-order valence-corrected chi connectivity index (χ1v) is 10.3. The molecule has 31 heavy (non-hydrogen) atoms. The number of ether oxygens (including phenoxy) is 1. The number of carbonyl (C=O) groups is 2. The van der Waals surface area contributed by atoms with Gasteiger partial charge in [0, 0.05) is 37.6 Å². The minimum Gasteiger partial charge on any atom is -0.437 e. The summed E-state index contributed by atoms with van der Waals surface area (Å²) >= 11 is 0. The Morgan fingerprint density at radius 1 is 1.19 bits per heavy atom. The minimum atomic E-state index is -4.60. The second-order valence-corrected chi connectivity index (χ2v) is 8.19. The number of amides is 2. The summed E-state index contributed by atoms with van der Waals surface area (Å²) in [5, 5.41) is 4.37. The van der Waals surface area contributed by atoms with Crippen LogP contribution < -0.4 is 0 Å². The summed E-state index contributed by atoms with van der Waals surface area (Å²) < 4.78 is 44.2. The van der Waals surface area contributed by atoms with Gasteiger partial charge in [-0.1, -0.05) is 0 Å². The fourth-order valence-electron chi connectivity index (χ4n) is 4.56. The number of alkyl halides is 3. The molecule has 0 aromatic carbocycles. The number of hydrogen-bond donors (Lipinski definition) is 0. The standard InChI is InChI=1S/C20H24F3N5O3/c1-13-15(16-24-8-4-10-28(16)25-13)17(29)27-9-3-5-19(27)6-11-26(12-7-19)18(30)31-14(2)20(21,22)23/h4,8,10,14H,3,5-7,9,11-12H2,1-2H3. The molecule has 0 saturated carbocycles. The first-order valence-electron chi connectivity index (χ1n) is 10.3. The van der Waals surface area contributed by atoms with Gasteiger partial charge in [0.1, 0.15) is 5.56 Å². The summed E-state index contributed by atoms with van der Waals surface area (Å²) in [6, 6.07) is 1.74. The van der Waals surface area contributed by atoms with E-state index in [9.17, 15) is 22.8 Å². The van der Waals surface area contributed by atoms with Crippen molar-refractivity contribution in [3.63, 3.8) is 0 Å². The largest absolute Gasteiger partial charge is 0.437 e. The Hall–Kier alpha value is -2.85. The van der Waals surface area contributed by atoms with E-state index < -0.39 is 23.9 Å². The molecule has 0 bridgehead atoms. The van der Waals surface area contributed by atoms with Crippen molar-refractivity contribution in [1.29, 1.82) is 0 Å². The van der Waals surface area contributed by atoms with E-state index in [1.165, 1.54) is 4.90 Å². The smallest absolute Gasteiger partial charge is 0.425 e. The van der Waals surface area contributed by atoms with E-state index in [-0.39, 0.29) is 19.0 Å². The molecule has 2 fully saturated rings. The molecule has 2 aliphatic rings. The summed E-state index contributed by atoms with van der Waals surface area (Å²) in [6.07, 6.45) is -1.80. The van der Waals surface area contributed by atoms with Crippen LogP contribution in [0.15, 0.2) is 18.5 Å². The first kappa shape index (κ1) is 21.4. The van der Waals surface area contributed by atoms with E-state index in [0.29, 0.717) is 36.3 Å². The number of fused-ring (bicyclic) bond motifs is 1. The molecule has 0 radical (unpaired) electrons. The molecule has 2 aromatic heterocycles. The van der Waals surface area contributed by atoms with Crippen molar-refractivity contribution in [2.24, 2.45) is 0 Å². The lowest BCUT2D eigenvalue weighted by Gasteiger charge is -2.44. The van der Waals surface area contributed by atoms with Crippen LogP contribution in [0.25, 0.3) is 5.65 Å². The van der Waals surface area contributed by atoms with Crippen LogP contribution in [0.3, 0.4) is 0 Å². The van der Waals surface area contributed by atoms with E-state index in [2.05, 4.69) is 14.8 Å².